The standard InChI is InChI=1S/C12H21NO2/c1-12(14,10-5-4-7-13-9-10)11-6-2-3-8-15-11/h6,10,13-14H,2-5,7-9H2,1H3. The Kier molecular flexibility index (Phi) is 3.32. The largest absolute Gasteiger partial charge is 0.495 e. The van der Waals surface area contributed by atoms with Crippen LogP contribution in [0.2, 0.25) is 0 Å². The molecule has 0 aromatic rings. The molecule has 0 bridgehead atoms. The average molecular weight is 211 g/mol. The van der Waals surface area contributed by atoms with Crippen LogP contribution in [0.15, 0.2) is 11.8 Å². The molecular formula is C12H21NO2. The van der Waals surface area contributed by atoms with E-state index in [4.69, 9.17) is 4.74 Å². The number of ether oxygens (including phenoxy) is 1. The van der Waals surface area contributed by atoms with Crippen LogP contribution >= 0.6 is 0 Å². The van der Waals surface area contributed by atoms with Crippen LogP contribution in [0.25, 0.3) is 0 Å². The Bertz CT molecular complexity index is 242. The summed E-state index contributed by atoms with van der Waals surface area (Å²) in [6.45, 7) is 4.62. The van der Waals surface area contributed by atoms with Gasteiger partial charge in [-0.1, -0.05) is 0 Å². The molecule has 0 spiro atoms. The van der Waals surface area contributed by atoms with E-state index >= 15 is 0 Å². The zero-order valence-corrected chi connectivity index (χ0v) is 9.46. The molecule has 3 heteroatoms. The maximum absolute atomic E-state index is 10.5. The third-order valence-corrected chi connectivity index (χ3v) is 3.53. The lowest BCUT2D eigenvalue weighted by atomic mass is 9.81. The molecule has 2 rings (SSSR count). The summed E-state index contributed by atoms with van der Waals surface area (Å²) >= 11 is 0. The zero-order chi connectivity index (χ0) is 10.7. The van der Waals surface area contributed by atoms with Gasteiger partial charge in [-0.15, -0.1) is 0 Å². The van der Waals surface area contributed by atoms with Crippen molar-refractivity contribution in [1.29, 1.82) is 0 Å². The molecule has 0 aromatic carbocycles. The second-order valence-corrected chi connectivity index (χ2v) is 4.75. The van der Waals surface area contributed by atoms with Gasteiger partial charge in [0.25, 0.3) is 0 Å². The molecule has 15 heavy (non-hydrogen) atoms. The Morgan fingerprint density at radius 1 is 1.53 bits per heavy atom. The predicted molar refractivity (Wildman–Crippen MR) is 59.5 cm³/mol. The molecule has 2 unspecified atom stereocenters. The van der Waals surface area contributed by atoms with Crippen LogP contribution in [0, 0.1) is 5.92 Å². The first-order valence-corrected chi connectivity index (χ1v) is 5.98. The lowest BCUT2D eigenvalue weighted by Gasteiger charge is -2.38. The summed E-state index contributed by atoms with van der Waals surface area (Å²) in [5.74, 6) is 1.08. The molecule has 2 N–H and O–H groups in total. The van der Waals surface area contributed by atoms with Gasteiger partial charge in [0.15, 0.2) is 0 Å². The maximum Gasteiger partial charge on any atom is 0.124 e. The molecular weight excluding hydrogens is 190 g/mol. The summed E-state index contributed by atoms with van der Waals surface area (Å²) < 4.78 is 5.58. The highest BCUT2D eigenvalue weighted by atomic mass is 16.5. The minimum absolute atomic E-state index is 0.288. The smallest absolute Gasteiger partial charge is 0.124 e. The summed E-state index contributed by atoms with van der Waals surface area (Å²) in [4.78, 5) is 0. The van der Waals surface area contributed by atoms with Crippen molar-refractivity contribution in [2.45, 2.75) is 38.2 Å². The Labute approximate surface area is 91.5 Å². The molecule has 2 atom stereocenters. The number of hydrogen-bond acceptors (Lipinski definition) is 3. The van der Waals surface area contributed by atoms with Gasteiger partial charge in [0.1, 0.15) is 11.4 Å². The van der Waals surface area contributed by atoms with Gasteiger partial charge in [0, 0.05) is 12.5 Å². The first-order chi connectivity index (χ1) is 7.21. The Morgan fingerprint density at radius 3 is 3.00 bits per heavy atom. The van der Waals surface area contributed by atoms with E-state index in [2.05, 4.69) is 11.4 Å². The summed E-state index contributed by atoms with van der Waals surface area (Å²) in [7, 11) is 0. The molecule has 0 aromatic heterocycles. The van der Waals surface area contributed by atoms with Crippen LogP contribution < -0.4 is 5.32 Å². The van der Waals surface area contributed by atoms with Crippen molar-refractivity contribution in [3.05, 3.63) is 11.8 Å². The average Bonchev–Trinajstić information content (AvgIpc) is 2.31. The van der Waals surface area contributed by atoms with Gasteiger partial charge in [-0.3, -0.25) is 0 Å². The molecule has 2 aliphatic heterocycles. The van der Waals surface area contributed by atoms with Crippen LogP contribution in [0.3, 0.4) is 0 Å². The molecule has 2 aliphatic rings. The normalized spacial score (nSPS) is 31.3. The van der Waals surface area contributed by atoms with Gasteiger partial charge in [-0.2, -0.15) is 0 Å². The van der Waals surface area contributed by atoms with Gasteiger partial charge in [-0.25, -0.2) is 0 Å². The van der Waals surface area contributed by atoms with E-state index in [1.807, 2.05) is 6.92 Å². The van der Waals surface area contributed by atoms with E-state index in [0.29, 0.717) is 0 Å². The van der Waals surface area contributed by atoms with E-state index in [1.165, 1.54) is 0 Å². The van der Waals surface area contributed by atoms with Crippen molar-refractivity contribution in [2.75, 3.05) is 19.7 Å². The molecule has 0 radical (unpaired) electrons. The highest BCUT2D eigenvalue weighted by molar-refractivity contribution is 5.13. The van der Waals surface area contributed by atoms with Gasteiger partial charge in [0.05, 0.1) is 6.61 Å². The number of rotatable bonds is 2. The summed E-state index contributed by atoms with van der Waals surface area (Å²) in [6, 6.07) is 0. The van der Waals surface area contributed by atoms with E-state index < -0.39 is 5.60 Å². The minimum atomic E-state index is -0.784. The van der Waals surface area contributed by atoms with Crippen molar-refractivity contribution in [3.63, 3.8) is 0 Å². The van der Waals surface area contributed by atoms with Crippen LogP contribution in [-0.2, 0) is 4.74 Å². The zero-order valence-electron chi connectivity index (χ0n) is 9.46. The molecule has 86 valence electrons. The first-order valence-electron chi connectivity index (χ1n) is 5.98. The number of hydrogen-bond donors (Lipinski definition) is 2. The summed E-state index contributed by atoms with van der Waals surface area (Å²) in [5.41, 5.74) is -0.784. The van der Waals surface area contributed by atoms with Gasteiger partial charge in [-0.05, 0) is 45.2 Å². The van der Waals surface area contributed by atoms with Crippen LogP contribution in [0.5, 0.6) is 0 Å². The Morgan fingerprint density at radius 2 is 2.40 bits per heavy atom. The first kappa shape index (κ1) is 11.0. The minimum Gasteiger partial charge on any atom is -0.495 e. The molecule has 0 saturated carbocycles. The van der Waals surface area contributed by atoms with Crippen molar-refractivity contribution in [3.8, 4) is 0 Å². The predicted octanol–water partition coefficient (Wildman–Crippen LogP) is 1.43. The molecule has 1 saturated heterocycles. The lowest BCUT2D eigenvalue weighted by molar-refractivity contribution is -0.0328. The fraction of sp³-hybridized carbons (Fsp3) is 0.833. The van der Waals surface area contributed by atoms with Crippen molar-refractivity contribution in [1.82, 2.24) is 5.32 Å². The molecule has 1 fully saturated rings. The van der Waals surface area contributed by atoms with E-state index in [1.54, 1.807) is 0 Å². The third-order valence-electron chi connectivity index (χ3n) is 3.53. The SMILES string of the molecule is CC(O)(C1=CCCCO1)C1CCCNC1. The monoisotopic (exact) mass is 211 g/mol. The quantitative estimate of drug-likeness (QED) is 0.726. The van der Waals surface area contributed by atoms with Crippen molar-refractivity contribution >= 4 is 0 Å². The molecule has 3 nitrogen and oxygen atoms in total. The molecule has 0 aliphatic carbocycles. The second-order valence-electron chi connectivity index (χ2n) is 4.75. The third kappa shape index (κ3) is 2.34. The topological polar surface area (TPSA) is 41.5 Å². The molecule has 2 heterocycles. The van der Waals surface area contributed by atoms with E-state index in [9.17, 15) is 5.11 Å². The fourth-order valence-corrected chi connectivity index (χ4v) is 2.44. The summed E-state index contributed by atoms with van der Waals surface area (Å²) in [6.07, 6.45) is 6.39. The lowest BCUT2D eigenvalue weighted by Crippen LogP contribution is -2.46. The van der Waals surface area contributed by atoms with Crippen molar-refractivity contribution in [2.24, 2.45) is 5.92 Å². The van der Waals surface area contributed by atoms with E-state index in [0.717, 1.165) is 51.1 Å². The van der Waals surface area contributed by atoms with Crippen LogP contribution in [-0.4, -0.2) is 30.4 Å². The Balaban J connectivity index is 2.06. The highest BCUT2D eigenvalue weighted by Gasteiger charge is 2.38. The Hall–Kier alpha value is -0.540. The van der Waals surface area contributed by atoms with Gasteiger partial charge in [0.2, 0.25) is 0 Å². The number of piperidine rings is 1. The van der Waals surface area contributed by atoms with Crippen LogP contribution in [0.4, 0.5) is 0 Å². The highest BCUT2D eigenvalue weighted by Crippen LogP contribution is 2.32. The fourth-order valence-electron chi connectivity index (χ4n) is 2.44. The number of aliphatic hydroxyl groups is 1. The summed E-state index contributed by atoms with van der Waals surface area (Å²) in [5, 5.41) is 13.9. The second kappa shape index (κ2) is 4.54. The number of nitrogens with one attached hydrogen (secondary N) is 1. The van der Waals surface area contributed by atoms with Gasteiger partial charge < -0.3 is 15.2 Å². The van der Waals surface area contributed by atoms with E-state index in [-0.39, 0.29) is 5.92 Å². The van der Waals surface area contributed by atoms with Crippen LogP contribution in [0.1, 0.15) is 32.6 Å². The van der Waals surface area contributed by atoms with Crippen molar-refractivity contribution < 1.29 is 9.84 Å². The molecule has 0 amide bonds. The maximum atomic E-state index is 10.5. The number of allylic oxidation sites excluding steroid dienone is 1. The van der Waals surface area contributed by atoms with Gasteiger partial charge >= 0.3 is 0 Å².